The number of hydrogen-bond acceptors (Lipinski definition) is 8. The van der Waals surface area contributed by atoms with Crippen molar-refractivity contribution in [3.8, 4) is 18.1 Å². The number of nitro groups is 1. The number of amides is 1. The summed E-state index contributed by atoms with van der Waals surface area (Å²) < 4.78 is 6.72. The number of non-ortho nitro benzene ring substituents is 1. The Morgan fingerprint density at radius 2 is 2.10 bits per heavy atom. The Morgan fingerprint density at radius 1 is 1.34 bits per heavy atom. The molecule has 0 fully saturated rings. The zero-order valence-corrected chi connectivity index (χ0v) is 15.9. The number of aromatic nitrogens is 4. The van der Waals surface area contributed by atoms with Gasteiger partial charge in [0.05, 0.1) is 10.5 Å². The van der Waals surface area contributed by atoms with Crippen LogP contribution in [-0.2, 0) is 7.05 Å². The van der Waals surface area contributed by atoms with E-state index in [4.69, 9.17) is 11.2 Å². The average molecular weight is 410 g/mol. The first-order valence-corrected chi connectivity index (χ1v) is 8.96. The summed E-state index contributed by atoms with van der Waals surface area (Å²) >= 11 is 1.12. The summed E-state index contributed by atoms with van der Waals surface area (Å²) in [6, 6.07) is 10.6. The summed E-state index contributed by atoms with van der Waals surface area (Å²) in [5, 5.41) is 25.4. The molecule has 0 aliphatic heterocycles. The van der Waals surface area contributed by atoms with E-state index in [1.807, 2.05) is 0 Å². The molecule has 0 aliphatic rings. The quantitative estimate of drug-likeness (QED) is 0.358. The first-order valence-electron chi connectivity index (χ1n) is 8.14. The molecule has 0 bridgehead atoms. The number of carbonyl (C=O) groups is 1. The van der Waals surface area contributed by atoms with Crippen LogP contribution in [0.3, 0.4) is 0 Å². The van der Waals surface area contributed by atoms with Crippen molar-refractivity contribution in [2.45, 2.75) is 10.1 Å². The fourth-order valence-electron chi connectivity index (χ4n) is 2.26. The Bertz CT molecular complexity index is 1090. The van der Waals surface area contributed by atoms with Crippen LogP contribution >= 0.6 is 11.8 Å². The van der Waals surface area contributed by atoms with Crippen molar-refractivity contribution < 1.29 is 14.5 Å². The van der Waals surface area contributed by atoms with Gasteiger partial charge in [0.2, 0.25) is 5.16 Å². The molecule has 1 aromatic heterocycles. The first kappa shape index (κ1) is 19.8. The lowest BCUT2D eigenvalue weighted by Crippen LogP contribution is -2.13. The number of terminal acetylenes is 1. The van der Waals surface area contributed by atoms with Gasteiger partial charge in [0.1, 0.15) is 12.4 Å². The molecule has 10 nitrogen and oxygen atoms in total. The molecule has 3 rings (SSSR count). The predicted molar refractivity (Wildman–Crippen MR) is 105 cm³/mol. The third kappa shape index (κ3) is 4.88. The van der Waals surface area contributed by atoms with Crippen molar-refractivity contribution in [3.05, 3.63) is 58.1 Å². The normalized spacial score (nSPS) is 10.2. The molecule has 3 aromatic rings. The van der Waals surface area contributed by atoms with Gasteiger partial charge in [0, 0.05) is 29.8 Å². The van der Waals surface area contributed by atoms with E-state index >= 15 is 0 Å². The molecule has 146 valence electrons. The molecule has 0 saturated carbocycles. The highest BCUT2D eigenvalue weighted by atomic mass is 32.2. The number of anilines is 1. The summed E-state index contributed by atoms with van der Waals surface area (Å²) in [7, 11) is 1.65. The number of ether oxygens (including phenoxy) is 1. The molecule has 29 heavy (non-hydrogen) atoms. The van der Waals surface area contributed by atoms with Crippen molar-refractivity contribution in [2.75, 3.05) is 11.9 Å². The number of nitrogens with zero attached hydrogens (tertiary/aromatic N) is 5. The van der Waals surface area contributed by atoms with E-state index in [-0.39, 0.29) is 17.9 Å². The Morgan fingerprint density at radius 3 is 2.72 bits per heavy atom. The molecular weight excluding hydrogens is 396 g/mol. The number of hydrogen-bond donors (Lipinski definition) is 1. The van der Waals surface area contributed by atoms with Gasteiger partial charge in [-0.2, -0.15) is 0 Å². The molecular formula is C18H14N6O4S. The van der Waals surface area contributed by atoms with Gasteiger partial charge in [-0.25, -0.2) is 4.68 Å². The van der Waals surface area contributed by atoms with Gasteiger partial charge in [-0.05, 0) is 52.5 Å². The van der Waals surface area contributed by atoms with Crippen LogP contribution in [0.1, 0.15) is 10.4 Å². The minimum Gasteiger partial charge on any atom is -0.481 e. The van der Waals surface area contributed by atoms with Crippen LogP contribution in [0.5, 0.6) is 5.75 Å². The molecule has 1 heterocycles. The summed E-state index contributed by atoms with van der Waals surface area (Å²) in [4.78, 5) is 23.9. The van der Waals surface area contributed by atoms with Crippen LogP contribution in [-0.4, -0.2) is 37.6 Å². The zero-order chi connectivity index (χ0) is 20.8. The van der Waals surface area contributed by atoms with Gasteiger partial charge in [-0.1, -0.05) is 5.92 Å². The zero-order valence-electron chi connectivity index (χ0n) is 15.1. The second-order valence-electron chi connectivity index (χ2n) is 5.60. The summed E-state index contributed by atoms with van der Waals surface area (Å²) in [5.41, 5.74) is 0.416. The van der Waals surface area contributed by atoms with Crippen LogP contribution < -0.4 is 10.1 Å². The fourth-order valence-corrected chi connectivity index (χ4v) is 3.10. The lowest BCUT2D eigenvalue weighted by atomic mass is 10.2. The Kier molecular flexibility index (Phi) is 6.06. The summed E-state index contributed by atoms with van der Waals surface area (Å²) in [5.74, 6) is 2.41. The molecule has 0 unspecified atom stereocenters. The van der Waals surface area contributed by atoms with Crippen molar-refractivity contribution >= 4 is 29.0 Å². The van der Waals surface area contributed by atoms with Crippen molar-refractivity contribution in [2.24, 2.45) is 7.05 Å². The molecule has 1 amide bonds. The standard InChI is InChI=1S/C18H14N6O4S/c1-3-10-28-14-7-4-12(5-8-14)19-17(25)15-11-13(24(26)27)6-9-16(15)29-18-20-21-22-23(18)2/h1,4-9,11H,10H2,2H3,(H,19,25). The van der Waals surface area contributed by atoms with Gasteiger partial charge >= 0.3 is 0 Å². The van der Waals surface area contributed by atoms with Crippen LogP contribution in [0.15, 0.2) is 52.5 Å². The number of benzene rings is 2. The van der Waals surface area contributed by atoms with E-state index in [9.17, 15) is 14.9 Å². The summed E-state index contributed by atoms with van der Waals surface area (Å²) in [6.07, 6.45) is 5.15. The maximum atomic E-state index is 12.8. The van der Waals surface area contributed by atoms with Crippen molar-refractivity contribution in [1.29, 1.82) is 0 Å². The highest BCUT2D eigenvalue weighted by Gasteiger charge is 2.19. The van der Waals surface area contributed by atoms with Crippen LogP contribution in [0.2, 0.25) is 0 Å². The van der Waals surface area contributed by atoms with E-state index < -0.39 is 10.8 Å². The van der Waals surface area contributed by atoms with Crippen molar-refractivity contribution in [1.82, 2.24) is 20.2 Å². The average Bonchev–Trinajstić information content (AvgIpc) is 3.12. The molecule has 0 spiro atoms. The van der Waals surface area contributed by atoms with Crippen LogP contribution in [0.4, 0.5) is 11.4 Å². The third-order valence-electron chi connectivity index (χ3n) is 3.64. The number of tetrazole rings is 1. The lowest BCUT2D eigenvalue weighted by Gasteiger charge is -2.10. The van der Waals surface area contributed by atoms with Gasteiger partial charge in [0.25, 0.3) is 11.6 Å². The maximum Gasteiger partial charge on any atom is 0.270 e. The highest BCUT2D eigenvalue weighted by Crippen LogP contribution is 2.31. The highest BCUT2D eigenvalue weighted by molar-refractivity contribution is 7.99. The van der Waals surface area contributed by atoms with Gasteiger partial charge in [-0.15, -0.1) is 11.5 Å². The van der Waals surface area contributed by atoms with E-state index in [1.54, 1.807) is 31.3 Å². The molecule has 0 atom stereocenters. The molecule has 2 aromatic carbocycles. The van der Waals surface area contributed by atoms with Gasteiger partial charge in [-0.3, -0.25) is 14.9 Å². The number of aryl methyl sites for hydroxylation is 1. The second kappa shape index (κ2) is 8.85. The Labute approximate surface area is 169 Å². The van der Waals surface area contributed by atoms with E-state index in [2.05, 4.69) is 26.8 Å². The lowest BCUT2D eigenvalue weighted by molar-refractivity contribution is -0.384. The summed E-state index contributed by atoms with van der Waals surface area (Å²) in [6.45, 7) is 0.136. The van der Waals surface area contributed by atoms with Gasteiger partial charge < -0.3 is 10.1 Å². The smallest absolute Gasteiger partial charge is 0.270 e. The SMILES string of the molecule is C#CCOc1ccc(NC(=O)c2cc([N+](=O)[O-])ccc2Sc2nnnn2C)cc1. The minimum atomic E-state index is -0.563. The monoisotopic (exact) mass is 410 g/mol. The van der Waals surface area contributed by atoms with E-state index in [0.717, 1.165) is 11.8 Å². The molecule has 1 N–H and O–H groups in total. The molecule has 0 aliphatic carbocycles. The fraction of sp³-hybridized carbons (Fsp3) is 0.111. The molecule has 11 heteroatoms. The number of nitrogens with one attached hydrogen (secondary N) is 1. The third-order valence-corrected chi connectivity index (χ3v) is 4.74. The molecule has 0 radical (unpaired) electrons. The molecule has 0 saturated heterocycles. The van der Waals surface area contributed by atoms with E-state index in [1.165, 1.54) is 22.9 Å². The van der Waals surface area contributed by atoms with Crippen LogP contribution in [0, 0.1) is 22.5 Å². The Balaban J connectivity index is 1.85. The Hall–Kier alpha value is -3.91. The minimum absolute atomic E-state index is 0.125. The van der Waals surface area contributed by atoms with E-state index in [0.29, 0.717) is 21.5 Å². The maximum absolute atomic E-state index is 12.8. The number of rotatable bonds is 7. The van der Waals surface area contributed by atoms with Crippen molar-refractivity contribution in [3.63, 3.8) is 0 Å². The largest absolute Gasteiger partial charge is 0.481 e. The predicted octanol–water partition coefficient (Wildman–Crippen LogP) is 2.53. The van der Waals surface area contributed by atoms with Crippen LogP contribution in [0.25, 0.3) is 0 Å². The number of nitro benzene ring substituents is 1. The second-order valence-corrected chi connectivity index (χ2v) is 6.61. The van der Waals surface area contributed by atoms with Gasteiger partial charge in [0.15, 0.2) is 0 Å². The number of carbonyl (C=O) groups excluding carboxylic acids is 1. The first-order chi connectivity index (χ1) is 14.0. The topological polar surface area (TPSA) is 125 Å².